The molecule has 1 aliphatic heterocycles. The van der Waals surface area contributed by atoms with E-state index >= 15 is 0 Å². The van der Waals surface area contributed by atoms with Crippen LogP contribution in [0.25, 0.3) is 0 Å². The molecule has 0 amide bonds. The molecule has 1 nitrogen and oxygen atoms in total. The summed E-state index contributed by atoms with van der Waals surface area (Å²) in [5, 5.41) is 4.35. The molecule has 0 radical (unpaired) electrons. The van der Waals surface area contributed by atoms with E-state index in [-0.39, 0.29) is 5.41 Å². The normalized spacial score (nSPS) is 16.3. The second kappa shape index (κ2) is 3.80. The van der Waals surface area contributed by atoms with Gasteiger partial charge in [-0.15, -0.1) is 0 Å². The van der Waals surface area contributed by atoms with E-state index < -0.39 is 0 Å². The molecule has 0 aliphatic carbocycles. The van der Waals surface area contributed by atoms with Gasteiger partial charge in [0.2, 0.25) is 0 Å². The zero-order chi connectivity index (χ0) is 11.1. The van der Waals surface area contributed by atoms with Gasteiger partial charge in [-0.1, -0.05) is 38.4 Å². The van der Waals surface area contributed by atoms with Crippen LogP contribution in [0.2, 0.25) is 5.02 Å². The van der Waals surface area contributed by atoms with Crippen LogP contribution in [0.5, 0.6) is 0 Å². The summed E-state index contributed by atoms with van der Waals surface area (Å²) in [7, 11) is 0. The van der Waals surface area contributed by atoms with Crippen LogP contribution in [0.3, 0.4) is 0 Å². The van der Waals surface area contributed by atoms with Gasteiger partial charge >= 0.3 is 0 Å². The maximum Gasteiger partial charge on any atom is 0.0441 e. The first-order valence-corrected chi connectivity index (χ1v) is 5.89. The predicted molar refractivity (Wildman–Crippen MR) is 65.6 cm³/mol. The van der Waals surface area contributed by atoms with Gasteiger partial charge in [-0.2, -0.15) is 0 Å². The molecule has 2 rings (SSSR count). The van der Waals surface area contributed by atoms with E-state index in [9.17, 15) is 0 Å². The van der Waals surface area contributed by atoms with E-state index in [1.165, 1.54) is 16.7 Å². The summed E-state index contributed by atoms with van der Waals surface area (Å²) in [4.78, 5) is 0. The third-order valence-electron chi connectivity index (χ3n) is 3.04. The second-order valence-electron chi connectivity index (χ2n) is 5.23. The Morgan fingerprint density at radius 3 is 2.60 bits per heavy atom. The Morgan fingerprint density at radius 2 is 1.93 bits per heavy atom. The Bertz CT molecular complexity index is 377. The fourth-order valence-corrected chi connectivity index (χ4v) is 2.54. The number of hydrogen-bond acceptors (Lipinski definition) is 1. The average Bonchev–Trinajstić information content (AvgIpc) is 2.17. The average molecular weight is 224 g/mol. The number of benzene rings is 1. The van der Waals surface area contributed by atoms with E-state index in [0.29, 0.717) is 0 Å². The predicted octanol–water partition coefficient (Wildman–Crippen LogP) is 3.28. The lowest BCUT2D eigenvalue weighted by atomic mass is 9.81. The highest BCUT2D eigenvalue weighted by Gasteiger charge is 2.22. The smallest absolute Gasteiger partial charge is 0.0441 e. The molecule has 1 heterocycles. The highest BCUT2D eigenvalue weighted by atomic mass is 35.5. The lowest BCUT2D eigenvalue weighted by Gasteiger charge is -2.28. The molecule has 1 N–H and O–H groups in total. The highest BCUT2D eigenvalue weighted by Crippen LogP contribution is 2.33. The fourth-order valence-electron chi connectivity index (χ4n) is 2.27. The largest absolute Gasteiger partial charge is 0.312 e. The molecule has 0 aromatic heterocycles. The first kappa shape index (κ1) is 11.0. The van der Waals surface area contributed by atoms with Crippen molar-refractivity contribution in [3.05, 3.63) is 33.8 Å². The fraction of sp³-hybridized carbons (Fsp3) is 0.538. The zero-order valence-electron chi connectivity index (χ0n) is 9.65. The summed E-state index contributed by atoms with van der Waals surface area (Å²) in [6.45, 7) is 8.77. The van der Waals surface area contributed by atoms with Gasteiger partial charge in [0.25, 0.3) is 0 Å². The van der Waals surface area contributed by atoms with Gasteiger partial charge in [0, 0.05) is 11.6 Å². The monoisotopic (exact) mass is 223 g/mol. The standard InChI is InChI=1S/C13H18ClN/c1-13(2,3)11-4-5-12(14)9-6-7-15-8-10(9)11/h4-5,15H,6-8H2,1-3H3. The van der Waals surface area contributed by atoms with Crippen molar-refractivity contribution in [3.8, 4) is 0 Å². The van der Waals surface area contributed by atoms with Gasteiger partial charge in [0.05, 0.1) is 0 Å². The number of rotatable bonds is 0. The summed E-state index contributed by atoms with van der Waals surface area (Å²) < 4.78 is 0. The van der Waals surface area contributed by atoms with Crippen LogP contribution in [0.15, 0.2) is 12.1 Å². The van der Waals surface area contributed by atoms with Crippen molar-refractivity contribution >= 4 is 11.6 Å². The van der Waals surface area contributed by atoms with Crippen molar-refractivity contribution in [1.82, 2.24) is 5.32 Å². The molecule has 0 spiro atoms. The molecule has 82 valence electrons. The van der Waals surface area contributed by atoms with E-state index in [2.05, 4.69) is 32.2 Å². The Morgan fingerprint density at radius 1 is 1.20 bits per heavy atom. The van der Waals surface area contributed by atoms with Gasteiger partial charge in [-0.25, -0.2) is 0 Å². The number of hydrogen-bond donors (Lipinski definition) is 1. The van der Waals surface area contributed by atoms with Crippen molar-refractivity contribution < 1.29 is 0 Å². The molecule has 1 aliphatic rings. The highest BCUT2D eigenvalue weighted by molar-refractivity contribution is 6.31. The summed E-state index contributed by atoms with van der Waals surface area (Å²) in [5.74, 6) is 0. The molecular formula is C13H18ClN. The number of nitrogens with one attached hydrogen (secondary N) is 1. The van der Waals surface area contributed by atoms with Crippen molar-refractivity contribution in [3.63, 3.8) is 0 Å². The van der Waals surface area contributed by atoms with Crippen molar-refractivity contribution in [2.24, 2.45) is 0 Å². The van der Waals surface area contributed by atoms with E-state index in [1.807, 2.05) is 6.07 Å². The van der Waals surface area contributed by atoms with Crippen molar-refractivity contribution in [2.45, 2.75) is 39.2 Å². The topological polar surface area (TPSA) is 12.0 Å². The number of halogens is 1. The molecule has 0 fully saturated rings. The molecule has 2 heteroatoms. The summed E-state index contributed by atoms with van der Waals surface area (Å²) in [5.41, 5.74) is 4.39. The van der Waals surface area contributed by atoms with Crippen LogP contribution in [-0.2, 0) is 18.4 Å². The molecular weight excluding hydrogens is 206 g/mol. The Hall–Kier alpha value is -0.530. The third-order valence-corrected chi connectivity index (χ3v) is 3.39. The lowest BCUT2D eigenvalue weighted by molar-refractivity contribution is 0.560. The third kappa shape index (κ3) is 2.04. The van der Waals surface area contributed by atoms with Crippen LogP contribution < -0.4 is 5.32 Å². The first-order valence-electron chi connectivity index (χ1n) is 5.51. The van der Waals surface area contributed by atoms with E-state index in [4.69, 9.17) is 11.6 Å². The maximum atomic E-state index is 6.24. The Kier molecular flexibility index (Phi) is 2.78. The molecule has 1 aromatic carbocycles. The van der Waals surface area contributed by atoms with Gasteiger partial charge in [0.15, 0.2) is 0 Å². The molecule has 0 saturated carbocycles. The minimum absolute atomic E-state index is 0.202. The van der Waals surface area contributed by atoms with E-state index in [1.54, 1.807) is 0 Å². The van der Waals surface area contributed by atoms with Crippen molar-refractivity contribution in [2.75, 3.05) is 6.54 Å². The van der Waals surface area contributed by atoms with Gasteiger partial charge in [0.1, 0.15) is 0 Å². The molecule has 0 bridgehead atoms. The maximum absolute atomic E-state index is 6.24. The Labute approximate surface area is 96.8 Å². The van der Waals surface area contributed by atoms with Crippen LogP contribution in [0, 0.1) is 0 Å². The van der Waals surface area contributed by atoms with Gasteiger partial charge < -0.3 is 5.32 Å². The van der Waals surface area contributed by atoms with Crippen molar-refractivity contribution in [1.29, 1.82) is 0 Å². The van der Waals surface area contributed by atoms with Gasteiger partial charge in [-0.05, 0) is 41.1 Å². The Balaban J connectivity index is 2.58. The minimum atomic E-state index is 0.202. The van der Waals surface area contributed by atoms with Gasteiger partial charge in [-0.3, -0.25) is 0 Å². The molecule has 0 unspecified atom stereocenters. The zero-order valence-corrected chi connectivity index (χ0v) is 10.4. The molecule has 0 atom stereocenters. The minimum Gasteiger partial charge on any atom is -0.312 e. The number of fused-ring (bicyclic) bond motifs is 1. The molecule has 1 aromatic rings. The summed E-state index contributed by atoms with van der Waals surface area (Å²) >= 11 is 6.24. The van der Waals surface area contributed by atoms with Crippen LogP contribution in [-0.4, -0.2) is 6.54 Å². The van der Waals surface area contributed by atoms with Crippen LogP contribution in [0.1, 0.15) is 37.5 Å². The van der Waals surface area contributed by atoms with E-state index in [0.717, 1.165) is 24.5 Å². The van der Waals surface area contributed by atoms with Crippen LogP contribution >= 0.6 is 11.6 Å². The SMILES string of the molecule is CC(C)(C)c1ccc(Cl)c2c1CNCC2. The second-order valence-corrected chi connectivity index (χ2v) is 5.64. The lowest BCUT2D eigenvalue weighted by Crippen LogP contribution is -2.27. The van der Waals surface area contributed by atoms with Crippen LogP contribution in [0.4, 0.5) is 0 Å². The summed E-state index contributed by atoms with van der Waals surface area (Å²) in [6, 6.07) is 4.22. The summed E-state index contributed by atoms with van der Waals surface area (Å²) in [6.07, 6.45) is 1.05. The quantitative estimate of drug-likeness (QED) is 0.712. The molecule has 0 saturated heterocycles. The molecule has 15 heavy (non-hydrogen) atoms. The first-order chi connectivity index (χ1) is 7.00.